The number of hydrogen-bond acceptors (Lipinski definition) is 6. The Morgan fingerprint density at radius 3 is 2.49 bits per heavy atom. The maximum atomic E-state index is 13.5. The lowest BCUT2D eigenvalue weighted by atomic mass is 9.99. The lowest BCUT2D eigenvalue weighted by Crippen LogP contribution is -2.49. The third-order valence-corrected chi connectivity index (χ3v) is 6.95. The first-order valence-electron chi connectivity index (χ1n) is 13.4. The van der Waals surface area contributed by atoms with Gasteiger partial charge >= 0.3 is 0 Å². The van der Waals surface area contributed by atoms with Crippen LogP contribution in [0.1, 0.15) is 42.3 Å². The fourth-order valence-electron chi connectivity index (χ4n) is 4.69. The van der Waals surface area contributed by atoms with E-state index in [-0.39, 0.29) is 36.5 Å². The van der Waals surface area contributed by atoms with Crippen LogP contribution in [0.15, 0.2) is 66.9 Å². The number of fused-ring (bicyclic) bond motifs is 1. The Kier molecular flexibility index (Phi) is 9.36. The van der Waals surface area contributed by atoms with E-state index in [0.29, 0.717) is 24.2 Å². The quantitative estimate of drug-likeness (QED) is 0.454. The van der Waals surface area contributed by atoms with Gasteiger partial charge in [0.25, 0.3) is 5.91 Å². The molecule has 0 spiro atoms. The Labute approximate surface area is 231 Å². The molecule has 0 unspecified atom stereocenters. The van der Waals surface area contributed by atoms with Crippen molar-refractivity contribution in [2.45, 2.75) is 45.6 Å². The molecule has 4 rings (SSSR count). The van der Waals surface area contributed by atoms with Crippen molar-refractivity contribution in [3.8, 4) is 28.8 Å². The molecular weight excluding hydrogens is 490 g/mol. The number of aliphatic hydroxyl groups excluding tert-OH is 2. The smallest absolute Gasteiger partial charge is 0.259 e. The standard InChI is InChI=1S/C32H37N3O4/c1-22-18-35(23(2)21-36)32(38)29-16-26(11-10-24(3)37)17-33-31(29)39-30(22)20-34(4)19-25-12-14-28(15-13-25)27-8-6-5-7-9-27/h5-9,12-17,22-24,30,36-37H,18-21H2,1-4H3/t22-,23-,24+,30+/m1/s1. The van der Waals surface area contributed by atoms with E-state index in [1.54, 1.807) is 24.1 Å². The van der Waals surface area contributed by atoms with E-state index < -0.39 is 6.10 Å². The lowest BCUT2D eigenvalue weighted by Gasteiger charge is -2.37. The van der Waals surface area contributed by atoms with Gasteiger partial charge in [0.05, 0.1) is 12.6 Å². The van der Waals surface area contributed by atoms with E-state index in [0.717, 1.165) is 6.54 Å². The zero-order chi connectivity index (χ0) is 27.9. The topological polar surface area (TPSA) is 86.1 Å². The number of nitrogens with zero attached hydrogens (tertiary/aromatic N) is 3. The van der Waals surface area contributed by atoms with Crippen molar-refractivity contribution in [2.75, 3.05) is 26.7 Å². The molecule has 2 aromatic carbocycles. The van der Waals surface area contributed by atoms with Crippen molar-refractivity contribution in [3.63, 3.8) is 0 Å². The van der Waals surface area contributed by atoms with Gasteiger partial charge in [-0.3, -0.25) is 9.69 Å². The van der Waals surface area contributed by atoms with Gasteiger partial charge in [0.15, 0.2) is 0 Å². The predicted molar refractivity (Wildman–Crippen MR) is 152 cm³/mol. The molecule has 0 bridgehead atoms. The monoisotopic (exact) mass is 527 g/mol. The third-order valence-electron chi connectivity index (χ3n) is 6.95. The van der Waals surface area contributed by atoms with Crippen LogP contribution in [0.3, 0.4) is 0 Å². The zero-order valence-corrected chi connectivity index (χ0v) is 23.0. The van der Waals surface area contributed by atoms with Crippen molar-refractivity contribution in [1.82, 2.24) is 14.8 Å². The second-order valence-electron chi connectivity index (χ2n) is 10.4. The molecule has 1 aromatic heterocycles. The number of carbonyl (C=O) groups is 1. The van der Waals surface area contributed by atoms with Crippen molar-refractivity contribution < 1.29 is 19.7 Å². The highest BCUT2D eigenvalue weighted by atomic mass is 16.5. The van der Waals surface area contributed by atoms with Gasteiger partial charge in [0.1, 0.15) is 17.8 Å². The Morgan fingerprint density at radius 1 is 1.13 bits per heavy atom. The molecule has 7 nitrogen and oxygen atoms in total. The van der Waals surface area contributed by atoms with Crippen LogP contribution in [0.2, 0.25) is 0 Å². The molecule has 39 heavy (non-hydrogen) atoms. The number of benzene rings is 2. The summed E-state index contributed by atoms with van der Waals surface area (Å²) in [5, 5.41) is 19.4. The van der Waals surface area contributed by atoms with Crippen LogP contribution in [-0.4, -0.2) is 75.9 Å². The van der Waals surface area contributed by atoms with Gasteiger partial charge in [-0.15, -0.1) is 0 Å². The molecule has 7 heteroatoms. The zero-order valence-electron chi connectivity index (χ0n) is 23.0. The second-order valence-corrected chi connectivity index (χ2v) is 10.4. The van der Waals surface area contributed by atoms with E-state index in [1.807, 2.05) is 25.1 Å². The van der Waals surface area contributed by atoms with Gasteiger partial charge in [-0.25, -0.2) is 4.98 Å². The molecule has 204 valence electrons. The molecule has 0 fully saturated rings. The Balaban J connectivity index is 1.54. The second kappa shape index (κ2) is 12.9. The highest BCUT2D eigenvalue weighted by Gasteiger charge is 2.34. The SMILES string of the molecule is C[C@H](O)C#Cc1cnc2c(c1)C(=O)N([C@H](C)CO)C[C@@H](C)[C@H](CN(C)Cc1ccc(-c3ccccc3)cc1)O2. The first-order valence-corrected chi connectivity index (χ1v) is 13.4. The van der Waals surface area contributed by atoms with Crippen LogP contribution in [0, 0.1) is 17.8 Å². The minimum atomic E-state index is -0.791. The average Bonchev–Trinajstić information content (AvgIpc) is 2.94. The number of aromatic nitrogens is 1. The summed E-state index contributed by atoms with van der Waals surface area (Å²) in [5.41, 5.74) is 4.40. The predicted octanol–water partition coefficient (Wildman–Crippen LogP) is 3.83. The van der Waals surface area contributed by atoms with Crippen LogP contribution < -0.4 is 4.74 Å². The number of amides is 1. The van der Waals surface area contributed by atoms with Crippen LogP contribution in [0.25, 0.3) is 11.1 Å². The lowest BCUT2D eigenvalue weighted by molar-refractivity contribution is 0.0325. The van der Waals surface area contributed by atoms with Crippen LogP contribution in [-0.2, 0) is 6.54 Å². The molecule has 3 aromatic rings. The molecule has 1 aliphatic rings. The van der Waals surface area contributed by atoms with Crippen molar-refractivity contribution >= 4 is 5.91 Å². The van der Waals surface area contributed by atoms with Gasteiger partial charge in [0, 0.05) is 37.3 Å². The number of hydrogen-bond donors (Lipinski definition) is 2. The fraction of sp³-hybridized carbons (Fsp3) is 0.375. The molecule has 0 saturated heterocycles. The minimum absolute atomic E-state index is 0.00415. The molecule has 2 heterocycles. The van der Waals surface area contributed by atoms with E-state index in [1.165, 1.54) is 16.7 Å². The highest BCUT2D eigenvalue weighted by Crippen LogP contribution is 2.28. The Bertz CT molecular complexity index is 1310. The van der Waals surface area contributed by atoms with Crippen molar-refractivity contribution in [2.24, 2.45) is 5.92 Å². The molecule has 2 N–H and O–H groups in total. The average molecular weight is 528 g/mol. The van der Waals surface area contributed by atoms with E-state index in [4.69, 9.17) is 4.74 Å². The molecule has 0 aliphatic carbocycles. The molecule has 0 radical (unpaired) electrons. The van der Waals surface area contributed by atoms with Crippen molar-refractivity contribution in [3.05, 3.63) is 83.6 Å². The van der Waals surface area contributed by atoms with Crippen LogP contribution in [0.5, 0.6) is 5.88 Å². The number of rotatable bonds is 7. The summed E-state index contributed by atoms with van der Waals surface area (Å²) in [5.74, 6) is 5.55. The Hall–Kier alpha value is -3.70. The Morgan fingerprint density at radius 2 is 1.82 bits per heavy atom. The van der Waals surface area contributed by atoms with Crippen LogP contribution in [0.4, 0.5) is 0 Å². The normalized spacial score (nSPS) is 18.7. The summed E-state index contributed by atoms with van der Waals surface area (Å²) >= 11 is 0. The number of pyridine rings is 1. The first kappa shape index (κ1) is 28.3. The maximum absolute atomic E-state index is 13.5. The highest BCUT2D eigenvalue weighted by molar-refractivity contribution is 5.97. The molecule has 1 aliphatic heterocycles. The van der Waals surface area contributed by atoms with E-state index >= 15 is 0 Å². The number of likely N-dealkylation sites (N-methyl/N-ethyl adjacent to an activating group) is 1. The maximum Gasteiger partial charge on any atom is 0.259 e. The molecular formula is C32H37N3O4. The van der Waals surface area contributed by atoms with Gasteiger partial charge in [-0.05, 0) is 43.7 Å². The summed E-state index contributed by atoms with van der Waals surface area (Å²) in [6, 6.07) is 20.2. The third kappa shape index (κ3) is 7.24. The molecule has 0 saturated carbocycles. The van der Waals surface area contributed by atoms with Gasteiger partial charge in [0.2, 0.25) is 5.88 Å². The largest absolute Gasteiger partial charge is 0.472 e. The number of ether oxygens (including phenoxy) is 1. The molecule has 4 atom stereocenters. The first-order chi connectivity index (χ1) is 18.7. The van der Waals surface area contributed by atoms with E-state index in [9.17, 15) is 15.0 Å². The van der Waals surface area contributed by atoms with E-state index in [2.05, 4.69) is 72.1 Å². The molecule has 1 amide bonds. The number of carbonyl (C=O) groups excluding carboxylic acids is 1. The minimum Gasteiger partial charge on any atom is -0.472 e. The summed E-state index contributed by atoms with van der Waals surface area (Å²) in [4.78, 5) is 21.9. The van der Waals surface area contributed by atoms with Gasteiger partial charge in [-0.2, -0.15) is 0 Å². The summed E-state index contributed by atoms with van der Waals surface area (Å²) in [6.45, 7) is 7.13. The fourth-order valence-corrected chi connectivity index (χ4v) is 4.69. The number of aliphatic hydroxyl groups is 2. The summed E-state index contributed by atoms with van der Waals surface area (Å²) in [6.07, 6.45) is 0.531. The van der Waals surface area contributed by atoms with Crippen molar-refractivity contribution in [1.29, 1.82) is 0 Å². The summed E-state index contributed by atoms with van der Waals surface area (Å²) < 4.78 is 6.39. The summed E-state index contributed by atoms with van der Waals surface area (Å²) in [7, 11) is 2.06. The van der Waals surface area contributed by atoms with Gasteiger partial charge in [-0.1, -0.05) is 73.4 Å². The van der Waals surface area contributed by atoms with Crippen LogP contribution >= 0.6 is 0 Å². The van der Waals surface area contributed by atoms with Gasteiger partial charge < -0.3 is 19.8 Å².